The van der Waals surface area contributed by atoms with Gasteiger partial charge >= 0.3 is 6.03 Å². The molecule has 10 nitrogen and oxygen atoms in total. The quantitative estimate of drug-likeness (QED) is 0.419. The monoisotopic (exact) mass is 478 g/mol. The maximum absolute atomic E-state index is 13.4. The van der Waals surface area contributed by atoms with Crippen molar-refractivity contribution in [3.63, 3.8) is 0 Å². The van der Waals surface area contributed by atoms with Crippen molar-refractivity contribution in [1.29, 1.82) is 0 Å². The largest absolute Gasteiger partial charge is 0.508 e. The number of rotatable bonds is 8. The van der Waals surface area contributed by atoms with Gasteiger partial charge < -0.3 is 20.5 Å². The molecule has 0 aliphatic carbocycles. The van der Waals surface area contributed by atoms with Crippen LogP contribution in [0.3, 0.4) is 0 Å². The van der Waals surface area contributed by atoms with Crippen molar-refractivity contribution in [1.82, 2.24) is 9.97 Å². The summed E-state index contributed by atoms with van der Waals surface area (Å²) in [5.41, 5.74) is 1.98. The zero-order chi connectivity index (χ0) is 24.9. The van der Waals surface area contributed by atoms with Crippen molar-refractivity contribution < 1.29 is 23.8 Å². The Bertz CT molecular complexity index is 1280. The van der Waals surface area contributed by atoms with Gasteiger partial charge in [0.05, 0.1) is 37.3 Å². The first-order chi connectivity index (χ1) is 16.9. The van der Waals surface area contributed by atoms with Crippen molar-refractivity contribution in [3.05, 3.63) is 66.9 Å². The molecule has 3 amide bonds. The van der Waals surface area contributed by atoms with Crippen LogP contribution < -0.4 is 25.2 Å². The number of benzene rings is 2. The smallest absolute Gasteiger partial charge is 0.330 e. The molecule has 2 aromatic carbocycles. The number of nitrogens with one attached hydrogen (secondary N) is 2. The summed E-state index contributed by atoms with van der Waals surface area (Å²) in [6.45, 7) is 2.54. The number of anilines is 5. The Hall–Kier alpha value is -4.67. The molecule has 2 heterocycles. The number of carbonyl (C=O) groups is 2. The topological polar surface area (TPSA) is 120 Å². The van der Waals surface area contributed by atoms with Crippen molar-refractivity contribution in [2.75, 3.05) is 40.8 Å². The predicted molar refractivity (Wildman–Crippen MR) is 130 cm³/mol. The van der Waals surface area contributed by atoms with Gasteiger partial charge in [0.1, 0.15) is 24.0 Å². The van der Waals surface area contributed by atoms with Gasteiger partial charge in [-0.3, -0.25) is 14.6 Å². The van der Waals surface area contributed by atoms with Crippen LogP contribution in [0.1, 0.15) is 5.56 Å². The maximum atomic E-state index is 13.4. The summed E-state index contributed by atoms with van der Waals surface area (Å²) < 4.78 is 18.6. The normalized spacial score (nSPS) is 12.7. The lowest BCUT2D eigenvalue weighted by molar-refractivity contribution is -0.111. The fourth-order valence-electron chi connectivity index (χ4n) is 3.61. The minimum Gasteiger partial charge on any atom is -0.508 e. The third kappa shape index (κ3) is 4.98. The highest BCUT2D eigenvalue weighted by molar-refractivity contribution is 6.06. The van der Waals surface area contributed by atoms with Gasteiger partial charge in [0, 0.05) is 30.0 Å². The third-order valence-corrected chi connectivity index (χ3v) is 5.24. The van der Waals surface area contributed by atoms with Crippen molar-refractivity contribution in [2.45, 2.75) is 6.54 Å². The van der Waals surface area contributed by atoms with Gasteiger partial charge in [0.2, 0.25) is 11.9 Å². The second kappa shape index (κ2) is 10.1. The minimum absolute atomic E-state index is 0.0759. The number of hydrogen-bond donors (Lipinski definition) is 3. The number of para-hydroxylation sites is 2. The number of aromatic hydroxyl groups is 1. The van der Waals surface area contributed by atoms with E-state index in [0.717, 1.165) is 6.08 Å². The summed E-state index contributed by atoms with van der Waals surface area (Å²) in [6, 6.07) is 10.9. The Morgan fingerprint density at radius 2 is 2.06 bits per heavy atom. The van der Waals surface area contributed by atoms with Crippen LogP contribution in [0.4, 0.5) is 38.0 Å². The predicted octanol–water partition coefficient (Wildman–Crippen LogP) is 3.98. The molecule has 1 aliphatic rings. The molecule has 0 radical (unpaired) electrons. The second-order valence-corrected chi connectivity index (χ2v) is 7.50. The van der Waals surface area contributed by atoms with E-state index in [1.165, 1.54) is 29.0 Å². The molecule has 0 saturated heterocycles. The van der Waals surface area contributed by atoms with E-state index in [9.17, 15) is 19.1 Å². The molecule has 0 fully saturated rings. The van der Waals surface area contributed by atoms with E-state index < -0.39 is 12.7 Å². The highest BCUT2D eigenvalue weighted by Gasteiger charge is 2.33. The Labute approximate surface area is 200 Å². The lowest BCUT2D eigenvalue weighted by Crippen LogP contribution is -2.48. The van der Waals surface area contributed by atoms with Gasteiger partial charge in [-0.05, 0) is 18.2 Å². The number of halogens is 1. The number of nitrogens with zero attached hydrogens (tertiary/aromatic N) is 4. The number of amides is 3. The molecule has 3 aromatic rings. The van der Waals surface area contributed by atoms with Gasteiger partial charge in [-0.2, -0.15) is 4.98 Å². The number of phenols is 1. The van der Waals surface area contributed by atoms with Gasteiger partial charge in [-0.1, -0.05) is 18.7 Å². The van der Waals surface area contributed by atoms with Crippen molar-refractivity contribution in [2.24, 2.45) is 0 Å². The van der Waals surface area contributed by atoms with E-state index in [0.29, 0.717) is 28.4 Å². The van der Waals surface area contributed by atoms with Crippen LogP contribution in [-0.2, 0) is 11.3 Å². The summed E-state index contributed by atoms with van der Waals surface area (Å²) in [4.78, 5) is 36.4. The molecule has 0 atom stereocenters. The number of ether oxygens (including phenoxy) is 1. The first kappa shape index (κ1) is 23.5. The Morgan fingerprint density at radius 3 is 2.77 bits per heavy atom. The fourth-order valence-corrected chi connectivity index (χ4v) is 3.61. The molecule has 0 bridgehead atoms. The molecule has 3 N–H and O–H groups in total. The van der Waals surface area contributed by atoms with E-state index in [1.807, 2.05) is 0 Å². The maximum Gasteiger partial charge on any atom is 0.330 e. The number of methoxy groups -OCH3 is 1. The zero-order valence-corrected chi connectivity index (χ0v) is 18.9. The minimum atomic E-state index is -0.786. The van der Waals surface area contributed by atoms with Crippen molar-refractivity contribution >= 4 is 40.8 Å². The summed E-state index contributed by atoms with van der Waals surface area (Å²) >= 11 is 0. The van der Waals surface area contributed by atoms with Crippen LogP contribution >= 0.6 is 0 Å². The molecule has 1 aliphatic heterocycles. The molecule has 4 rings (SSSR count). The highest BCUT2D eigenvalue weighted by atomic mass is 19.1. The van der Waals surface area contributed by atoms with Gasteiger partial charge in [0.25, 0.3) is 0 Å². The van der Waals surface area contributed by atoms with Crippen LogP contribution in [0.15, 0.2) is 61.3 Å². The van der Waals surface area contributed by atoms with E-state index in [-0.39, 0.29) is 36.5 Å². The molecule has 180 valence electrons. The molecule has 35 heavy (non-hydrogen) atoms. The van der Waals surface area contributed by atoms with Crippen LogP contribution in [0.25, 0.3) is 0 Å². The molecule has 1 aromatic heterocycles. The molecule has 0 unspecified atom stereocenters. The number of alkyl halides is 1. The standard InChI is InChI=1S/C24H23FN6O4/c1-3-21(33)27-19-6-4-5-7-20(19)28-23-26-13-15-14-31(16-10-17(32)12-18(11-16)35-2)24(34)30(9-8-25)22(15)29-23/h3-7,10-13,32H,1,8-9,14H2,2H3,(H,27,33)(H,26,28,29). The number of carbonyl (C=O) groups excluding carboxylic acids is 2. The Kier molecular flexibility index (Phi) is 6.76. The lowest BCUT2D eigenvalue weighted by Gasteiger charge is -2.35. The second-order valence-electron chi connectivity index (χ2n) is 7.50. The third-order valence-electron chi connectivity index (χ3n) is 5.24. The van der Waals surface area contributed by atoms with Gasteiger partial charge in [0.15, 0.2) is 0 Å². The summed E-state index contributed by atoms with van der Waals surface area (Å²) in [6.07, 6.45) is 2.70. The number of aromatic nitrogens is 2. The summed E-state index contributed by atoms with van der Waals surface area (Å²) in [5.74, 6) is 0.338. The molecular formula is C24H23FN6O4. The van der Waals surface area contributed by atoms with E-state index in [4.69, 9.17) is 4.74 Å². The summed E-state index contributed by atoms with van der Waals surface area (Å²) in [5, 5.41) is 15.7. The Balaban J connectivity index is 1.67. The van der Waals surface area contributed by atoms with Crippen LogP contribution in [0.2, 0.25) is 0 Å². The number of fused-ring (bicyclic) bond motifs is 1. The molecule has 0 saturated carbocycles. The van der Waals surface area contributed by atoms with Crippen molar-refractivity contribution in [3.8, 4) is 11.5 Å². The zero-order valence-electron chi connectivity index (χ0n) is 18.9. The average Bonchev–Trinajstić information content (AvgIpc) is 2.86. The lowest BCUT2D eigenvalue weighted by atomic mass is 10.1. The average molecular weight is 478 g/mol. The van der Waals surface area contributed by atoms with Gasteiger partial charge in [-0.15, -0.1) is 0 Å². The molecular weight excluding hydrogens is 455 g/mol. The first-order valence-corrected chi connectivity index (χ1v) is 10.6. The number of urea groups is 1. The van der Waals surface area contributed by atoms with Gasteiger partial charge in [-0.25, -0.2) is 14.2 Å². The van der Waals surface area contributed by atoms with E-state index >= 15 is 0 Å². The van der Waals surface area contributed by atoms with Crippen LogP contribution in [-0.4, -0.2) is 47.3 Å². The van der Waals surface area contributed by atoms with E-state index in [2.05, 4.69) is 27.2 Å². The number of phenolic OH excluding ortho intramolecular Hbond substituents is 1. The molecule has 11 heteroatoms. The van der Waals surface area contributed by atoms with Crippen LogP contribution in [0, 0.1) is 0 Å². The SMILES string of the molecule is C=CC(=O)Nc1ccccc1Nc1ncc2c(n1)N(CCF)C(=O)N(c1cc(O)cc(OC)c1)C2. The van der Waals surface area contributed by atoms with Crippen LogP contribution in [0.5, 0.6) is 11.5 Å². The first-order valence-electron chi connectivity index (χ1n) is 10.6. The fraction of sp³-hybridized carbons (Fsp3) is 0.167. The summed E-state index contributed by atoms with van der Waals surface area (Å²) in [7, 11) is 1.45. The van der Waals surface area contributed by atoms with E-state index in [1.54, 1.807) is 36.5 Å². The highest BCUT2D eigenvalue weighted by Crippen LogP contribution is 2.35. The number of hydrogen-bond acceptors (Lipinski definition) is 7. The Morgan fingerprint density at radius 1 is 1.29 bits per heavy atom. The molecule has 0 spiro atoms.